The number of hydrogen-bond acceptors (Lipinski definition) is 4. The summed E-state index contributed by atoms with van der Waals surface area (Å²) in [5.74, 6) is 0.717. The van der Waals surface area contributed by atoms with Crippen LogP contribution < -0.4 is 9.46 Å². The van der Waals surface area contributed by atoms with Gasteiger partial charge in [-0.3, -0.25) is 0 Å². The van der Waals surface area contributed by atoms with Gasteiger partial charge in [-0.25, -0.2) is 13.1 Å². The summed E-state index contributed by atoms with van der Waals surface area (Å²) in [6.07, 6.45) is 0. The first-order valence-corrected chi connectivity index (χ1v) is 9.61. The molecule has 0 bridgehead atoms. The summed E-state index contributed by atoms with van der Waals surface area (Å²) >= 11 is 0. The van der Waals surface area contributed by atoms with Crippen molar-refractivity contribution in [3.63, 3.8) is 0 Å². The van der Waals surface area contributed by atoms with Crippen LogP contribution in [-0.4, -0.2) is 41.1 Å². The number of sulfonamides is 1. The van der Waals surface area contributed by atoms with Crippen molar-refractivity contribution in [2.24, 2.45) is 0 Å². The topological polar surface area (TPSA) is 58.6 Å². The molecule has 0 aromatic heterocycles. The maximum Gasteiger partial charge on any atom is 0.240 e. The number of rotatable bonds is 7. The average Bonchev–Trinajstić information content (AvgIpc) is 2.55. The second-order valence-corrected chi connectivity index (χ2v) is 8.10. The van der Waals surface area contributed by atoms with Crippen molar-refractivity contribution >= 4 is 10.0 Å². The van der Waals surface area contributed by atoms with Crippen LogP contribution in [-0.2, 0) is 10.0 Å². The van der Waals surface area contributed by atoms with Crippen LogP contribution in [0.5, 0.6) is 5.75 Å². The van der Waals surface area contributed by atoms with Gasteiger partial charge in [-0.2, -0.15) is 0 Å². The van der Waals surface area contributed by atoms with Crippen LogP contribution in [0.15, 0.2) is 47.4 Å². The van der Waals surface area contributed by atoms with Crippen molar-refractivity contribution in [1.82, 2.24) is 9.62 Å². The number of nitrogens with one attached hydrogen (secondary N) is 1. The first-order chi connectivity index (χ1) is 11.8. The number of likely N-dealkylation sites (N-methyl/N-ethyl adjacent to an activating group) is 1. The molecule has 25 heavy (non-hydrogen) atoms. The van der Waals surface area contributed by atoms with Crippen molar-refractivity contribution in [2.45, 2.75) is 24.8 Å². The minimum absolute atomic E-state index is 0.0450. The van der Waals surface area contributed by atoms with Gasteiger partial charge < -0.3 is 9.64 Å². The number of methoxy groups -OCH3 is 1. The second-order valence-electron chi connectivity index (χ2n) is 6.33. The fourth-order valence-corrected chi connectivity index (χ4v) is 4.14. The number of benzene rings is 2. The molecule has 1 atom stereocenters. The number of aryl methyl sites for hydroxylation is 2. The lowest BCUT2D eigenvalue weighted by Gasteiger charge is -2.25. The van der Waals surface area contributed by atoms with E-state index in [1.54, 1.807) is 19.2 Å². The Balaban J connectivity index is 2.23. The number of ether oxygens (including phenoxy) is 1. The fourth-order valence-electron chi connectivity index (χ4n) is 2.93. The minimum Gasteiger partial charge on any atom is -0.496 e. The summed E-state index contributed by atoms with van der Waals surface area (Å²) in [6, 6.07) is 13.1. The van der Waals surface area contributed by atoms with Crippen molar-refractivity contribution in [1.29, 1.82) is 0 Å². The zero-order valence-corrected chi connectivity index (χ0v) is 16.2. The van der Waals surface area contributed by atoms with Crippen LogP contribution in [0.2, 0.25) is 0 Å². The lowest BCUT2D eigenvalue weighted by Crippen LogP contribution is -2.34. The van der Waals surface area contributed by atoms with E-state index in [0.717, 1.165) is 22.4 Å². The van der Waals surface area contributed by atoms with Gasteiger partial charge in [0.05, 0.1) is 12.0 Å². The third kappa shape index (κ3) is 4.60. The van der Waals surface area contributed by atoms with Crippen molar-refractivity contribution in [3.8, 4) is 5.75 Å². The van der Waals surface area contributed by atoms with Crippen LogP contribution >= 0.6 is 0 Å². The molecule has 0 saturated carbocycles. The SMILES string of the molecule is COc1c(C)cc(S(=O)(=O)NCC(c2ccccc2)N(C)C)cc1C. The summed E-state index contributed by atoms with van der Waals surface area (Å²) in [5.41, 5.74) is 2.67. The van der Waals surface area contributed by atoms with Crippen LogP contribution in [0.3, 0.4) is 0 Å². The first-order valence-electron chi connectivity index (χ1n) is 8.12. The smallest absolute Gasteiger partial charge is 0.240 e. The molecule has 0 heterocycles. The zero-order chi connectivity index (χ0) is 18.6. The predicted molar refractivity (Wildman–Crippen MR) is 101 cm³/mol. The van der Waals surface area contributed by atoms with E-state index in [1.165, 1.54) is 0 Å². The third-order valence-electron chi connectivity index (χ3n) is 4.22. The van der Waals surface area contributed by atoms with E-state index in [0.29, 0.717) is 6.54 Å². The number of hydrogen-bond donors (Lipinski definition) is 1. The molecule has 1 unspecified atom stereocenters. The van der Waals surface area contributed by atoms with Crippen molar-refractivity contribution in [3.05, 3.63) is 59.2 Å². The summed E-state index contributed by atoms with van der Waals surface area (Å²) < 4.78 is 33.5. The van der Waals surface area contributed by atoms with Gasteiger partial charge in [0.15, 0.2) is 0 Å². The Morgan fingerprint density at radius 2 is 1.64 bits per heavy atom. The molecular formula is C19H26N2O3S. The molecule has 0 amide bonds. The maximum absolute atomic E-state index is 12.7. The molecule has 6 heteroatoms. The molecule has 0 saturated heterocycles. The van der Waals surface area contributed by atoms with Gasteiger partial charge >= 0.3 is 0 Å². The summed E-state index contributed by atoms with van der Waals surface area (Å²) in [6.45, 7) is 3.98. The Labute approximate surface area is 150 Å². The van der Waals surface area contributed by atoms with Crippen LogP contribution in [0.25, 0.3) is 0 Å². The van der Waals surface area contributed by atoms with Crippen molar-refractivity contribution in [2.75, 3.05) is 27.7 Å². The second kappa shape index (κ2) is 7.99. The third-order valence-corrected chi connectivity index (χ3v) is 5.63. The summed E-state index contributed by atoms with van der Waals surface area (Å²) in [7, 11) is 1.86. The van der Waals surface area contributed by atoms with Crippen LogP contribution in [0, 0.1) is 13.8 Å². The zero-order valence-electron chi connectivity index (χ0n) is 15.4. The molecule has 2 aromatic carbocycles. The molecule has 5 nitrogen and oxygen atoms in total. The highest BCUT2D eigenvalue weighted by Crippen LogP contribution is 2.26. The number of nitrogens with zero attached hydrogens (tertiary/aromatic N) is 1. The van der Waals surface area contributed by atoms with Gasteiger partial charge in [-0.05, 0) is 56.8 Å². The molecule has 0 aliphatic carbocycles. The average molecular weight is 362 g/mol. The quantitative estimate of drug-likeness (QED) is 0.823. The Morgan fingerprint density at radius 3 is 2.12 bits per heavy atom. The van der Waals surface area contributed by atoms with E-state index in [2.05, 4.69) is 4.72 Å². The highest BCUT2D eigenvalue weighted by molar-refractivity contribution is 7.89. The Kier molecular flexibility index (Phi) is 6.21. The maximum atomic E-state index is 12.7. The standard InChI is InChI=1S/C19H26N2O3S/c1-14-11-17(12-15(2)19(14)24-5)25(22,23)20-13-18(21(3)4)16-9-7-6-8-10-16/h6-12,18,20H,13H2,1-5H3. The Hall–Kier alpha value is -1.89. The van der Waals surface area contributed by atoms with E-state index in [4.69, 9.17) is 4.74 Å². The lowest BCUT2D eigenvalue weighted by molar-refractivity contribution is 0.299. The monoisotopic (exact) mass is 362 g/mol. The highest BCUT2D eigenvalue weighted by atomic mass is 32.2. The van der Waals surface area contributed by atoms with Gasteiger partial charge in [-0.1, -0.05) is 30.3 Å². The Morgan fingerprint density at radius 1 is 1.08 bits per heavy atom. The molecule has 0 fully saturated rings. The summed E-state index contributed by atoms with van der Waals surface area (Å²) in [4.78, 5) is 2.26. The van der Waals surface area contributed by atoms with Crippen LogP contribution in [0.4, 0.5) is 0 Å². The van der Waals surface area contributed by atoms with Gasteiger partial charge in [-0.15, -0.1) is 0 Å². The van der Waals surface area contributed by atoms with Gasteiger partial charge in [0.25, 0.3) is 0 Å². The molecular weight excluding hydrogens is 336 g/mol. The molecule has 0 radical (unpaired) electrons. The van der Waals surface area contributed by atoms with Gasteiger partial charge in [0.1, 0.15) is 5.75 Å². The molecule has 136 valence electrons. The first kappa shape index (κ1) is 19.4. The molecule has 1 N–H and O–H groups in total. The molecule has 2 aromatic rings. The molecule has 0 aliphatic rings. The Bertz CT molecular complexity index is 795. The highest BCUT2D eigenvalue weighted by Gasteiger charge is 2.21. The molecule has 2 rings (SSSR count). The fraction of sp³-hybridized carbons (Fsp3) is 0.368. The normalized spacial score (nSPS) is 13.0. The van der Waals surface area contributed by atoms with E-state index >= 15 is 0 Å². The van der Waals surface area contributed by atoms with Crippen molar-refractivity contribution < 1.29 is 13.2 Å². The van der Waals surface area contributed by atoms with Gasteiger partial charge in [0, 0.05) is 12.6 Å². The van der Waals surface area contributed by atoms with Crippen LogP contribution in [0.1, 0.15) is 22.7 Å². The van der Waals surface area contributed by atoms with E-state index in [9.17, 15) is 8.42 Å². The molecule has 0 spiro atoms. The molecule has 0 aliphatic heterocycles. The summed E-state index contributed by atoms with van der Waals surface area (Å²) in [5, 5.41) is 0. The lowest BCUT2D eigenvalue weighted by atomic mass is 10.1. The predicted octanol–water partition coefficient (Wildman–Crippen LogP) is 2.89. The minimum atomic E-state index is -3.60. The largest absolute Gasteiger partial charge is 0.496 e. The van der Waals surface area contributed by atoms with E-state index in [-0.39, 0.29) is 10.9 Å². The van der Waals surface area contributed by atoms with E-state index < -0.39 is 10.0 Å². The van der Waals surface area contributed by atoms with E-state index in [1.807, 2.05) is 63.2 Å². The van der Waals surface area contributed by atoms with Gasteiger partial charge in [0.2, 0.25) is 10.0 Å².